The van der Waals surface area contributed by atoms with Crippen molar-refractivity contribution in [3.63, 3.8) is 0 Å². The minimum atomic E-state index is -3.06. The lowest BCUT2D eigenvalue weighted by Crippen LogP contribution is -2.77. The first-order chi connectivity index (χ1) is 18.3. The first-order valence-corrected chi connectivity index (χ1v) is 12.5. The summed E-state index contributed by atoms with van der Waals surface area (Å²) in [6, 6.07) is 9.43. The molecule has 0 bridgehead atoms. The average Bonchev–Trinajstić information content (AvgIpc) is 2.86. The number of fused-ring (bicyclic) bond motifs is 3. The highest BCUT2D eigenvalue weighted by Crippen LogP contribution is 2.54. The number of carbonyl (C=O) groups excluding carboxylic acids is 5. The molecule has 2 aromatic rings. The molecule has 3 aliphatic rings. The van der Waals surface area contributed by atoms with E-state index in [1.165, 1.54) is 31.1 Å². The number of hydrogen-bond donors (Lipinski definition) is 4. The number of benzene rings is 2. The van der Waals surface area contributed by atoms with E-state index in [-0.39, 0.29) is 16.7 Å². The Morgan fingerprint density at radius 1 is 1.05 bits per heavy atom. The Kier molecular flexibility index (Phi) is 6.34. The number of ketones is 4. The van der Waals surface area contributed by atoms with E-state index in [9.17, 15) is 39.3 Å². The number of phenolic OH excluding ortho intramolecular Hbond substituents is 1. The van der Waals surface area contributed by atoms with Crippen LogP contribution in [0.5, 0.6) is 5.75 Å². The van der Waals surface area contributed by atoms with Crippen LogP contribution >= 0.6 is 11.6 Å². The van der Waals surface area contributed by atoms with Gasteiger partial charge in [0.25, 0.3) is 0 Å². The predicted octanol–water partition coefficient (Wildman–Crippen LogP) is 0.489. The van der Waals surface area contributed by atoms with Crippen molar-refractivity contribution in [2.45, 2.75) is 17.7 Å². The maximum atomic E-state index is 14.1. The van der Waals surface area contributed by atoms with Gasteiger partial charge in [-0.25, -0.2) is 0 Å². The summed E-state index contributed by atoms with van der Waals surface area (Å²) in [4.78, 5) is 68.0. The van der Waals surface area contributed by atoms with Gasteiger partial charge in [-0.1, -0.05) is 41.9 Å². The molecule has 2 unspecified atom stereocenters. The third-order valence-electron chi connectivity index (χ3n) is 8.06. The molecular formula is C28H25ClN2O8. The van der Waals surface area contributed by atoms with E-state index in [4.69, 9.17) is 17.3 Å². The number of amides is 1. The van der Waals surface area contributed by atoms with Gasteiger partial charge >= 0.3 is 0 Å². The van der Waals surface area contributed by atoms with Gasteiger partial charge in [-0.15, -0.1) is 0 Å². The van der Waals surface area contributed by atoms with Crippen LogP contribution in [-0.4, -0.2) is 81.1 Å². The van der Waals surface area contributed by atoms with Crippen LogP contribution in [0.15, 0.2) is 42.5 Å². The lowest BCUT2D eigenvalue weighted by atomic mass is 9.50. The number of aliphatic hydroxyl groups is 2. The molecule has 0 heterocycles. The van der Waals surface area contributed by atoms with Gasteiger partial charge in [0, 0.05) is 10.9 Å². The summed E-state index contributed by atoms with van der Waals surface area (Å²) in [6.07, 6.45) is -0.159. The van der Waals surface area contributed by atoms with Gasteiger partial charge in [-0.2, -0.15) is 0 Å². The van der Waals surface area contributed by atoms with E-state index in [1.54, 1.807) is 36.4 Å². The summed E-state index contributed by atoms with van der Waals surface area (Å²) < 4.78 is 0. The van der Waals surface area contributed by atoms with Crippen molar-refractivity contribution in [2.75, 3.05) is 14.1 Å². The van der Waals surface area contributed by atoms with Crippen LogP contribution < -0.4 is 5.73 Å². The number of aliphatic hydroxyl groups excluding tert-OH is 1. The van der Waals surface area contributed by atoms with E-state index in [0.29, 0.717) is 10.6 Å². The maximum absolute atomic E-state index is 14.1. The maximum Gasteiger partial charge on any atom is 0.235 e. The minimum absolute atomic E-state index is 0.212. The third kappa shape index (κ3) is 3.70. The van der Waals surface area contributed by atoms with Crippen molar-refractivity contribution in [3.05, 3.63) is 64.2 Å². The number of Topliss-reactive ketones (excluding diaryl/α,β-unsaturated/α-hetero) is 4. The third-order valence-corrected chi connectivity index (χ3v) is 8.32. The van der Waals surface area contributed by atoms with Crippen LogP contribution in [0.2, 0.25) is 5.02 Å². The second-order valence-electron chi connectivity index (χ2n) is 10.4. The number of phenols is 1. The second-order valence-corrected chi connectivity index (χ2v) is 10.8. The highest BCUT2D eigenvalue weighted by molar-refractivity contribution is 6.33. The molecule has 10 nitrogen and oxygen atoms in total. The molecule has 5 rings (SSSR count). The average molecular weight is 553 g/mol. The lowest BCUT2D eigenvalue weighted by molar-refractivity contribution is -0.192. The molecule has 2 fully saturated rings. The Hall–Kier alpha value is -3.70. The zero-order chi connectivity index (χ0) is 28.5. The molecule has 3 aliphatic carbocycles. The summed E-state index contributed by atoms with van der Waals surface area (Å²) in [5, 5.41) is 34.7. The zero-order valence-corrected chi connectivity index (χ0v) is 21.6. The standard InChI is InChI=1S/C28H25ClN2O8/c1-31(2)21-20-23(34)17-14(10-11-6-8-12(29)9-7-11)13-4-3-5-15(32)16(13)22(33)18(17)25(36)28(20,39)26(37)19(24(21)35)27(30)38/h3-10,17-21,23,32,34,39H,1-2H3,(H2,30,38)/b14-10+/t17-,18?,19?,20-,21-,23+,28+/m0/s1. The largest absolute Gasteiger partial charge is 0.507 e. The number of nitrogens with two attached hydrogens (primary N) is 1. The molecule has 2 aromatic carbocycles. The summed E-state index contributed by atoms with van der Waals surface area (Å²) in [6.45, 7) is 0. The number of primary amides is 1. The smallest absolute Gasteiger partial charge is 0.235 e. The fraction of sp³-hybridized carbons (Fsp3) is 0.321. The Morgan fingerprint density at radius 3 is 2.28 bits per heavy atom. The molecular weight excluding hydrogens is 528 g/mol. The number of nitrogens with zero attached hydrogens (tertiary/aromatic N) is 1. The summed E-state index contributed by atoms with van der Waals surface area (Å²) in [5.74, 6) is -13.3. The predicted molar refractivity (Wildman–Crippen MR) is 138 cm³/mol. The quantitative estimate of drug-likeness (QED) is 0.395. The molecule has 0 aromatic heterocycles. The summed E-state index contributed by atoms with van der Waals surface area (Å²) in [7, 11) is 2.87. The first-order valence-electron chi connectivity index (χ1n) is 12.1. The monoisotopic (exact) mass is 552 g/mol. The molecule has 0 radical (unpaired) electrons. The minimum Gasteiger partial charge on any atom is -0.507 e. The highest BCUT2D eigenvalue weighted by Gasteiger charge is 2.72. The number of likely N-dealkylation sites (N-methyl/N-ethyl adjacent to an activating group) is 1. The molecule has 202 valence electrons. The molecule has 5 N–H and O–H groups in total. The Labute approximate surface area is 227 Å². The van der Waals surface area contributed by atoms with Crippen molar-refractivity contribution in [1.29, 1.82) is 0 Å². The Balaban J connectivity index is 1.79. The van der Waals surface area contributed by atoms with Crippen LogP contribution in [0.1, 0.15) is 21.5 Å². The Bertz CT molecular complexity index is 1480. The number of aromatic hydroxyl groups is 1. The van der Waals surface area contributed by atoms with E-state index < -0.39 is 76.2 Å². The lowest BCUT2D eigenvalue weighted by Gasteiger charge is -2.55. The van der Waals surface area contributed by atoms with Crippen molar-refractivity contribution < 1.29 is 39.3 Å². The van der Waals surface area contributed by atoms with Gasteiger partial charge in [0.2, 0.25) is 5.91 Å². The van der Waals surface area contributed by atoms with Crippen LogP contribution in [-0.2, 0) is 19.2 Å². The first kappa shape index (κ1) is 26.9. The second kappa shape index (κ2) is 9.20. The van der Waals surface area contributed by atoms with Crippen LogP contribution in [0, 0.1) is 23.7 Å². The van der Waals surface area contributed by atoms with Gasteiger partial charge in [-0.3, -0.25) is 28.9 Å². The molecule has 11 heteroatoms. The zero-order valence-electron chi connectivity index (χ0n) is 20.9. The molecule has 7 atom stereocenters. The molecule has 0 aliphatic heterocycles. The fourth-order valence-electron chi connectivity index (χ4n) is 6.41. The van der Waals surface area contributed by atoms with Crippen LogP contribution in [0.25, 0.3) is 11.6 Å². The molecule has 39 heavy (non-hydrogen) atoms. The SMILES string of the molecule is CN(C)[C@@H]1C(=O)C(C(N)=O)C(=O)[C@]2(O)C(=O)C3C(=O)c4c(O)cccc4/C(=C\c4ccc(Cl)cc4)[C@@H]3[C@@H](O)[C@H]12. The Morgan fingerprint density at radius 2 is 1.69 bits per heavy atom. The highest BCUT2D eigenvalue weighted by atomic mass is 35.5. The number of halogens is 1. The van der Waals surface area contributed by atoms with Gasteiger partial charge < -0.3 is 21.1 Å². The molecule has 0 saturated heterocycles. The topological polar surface area (TPSA) is 175 Å². The molecule has 1 amide bonds. The van der Waals surface area contributed by atoms with E-state index in [1.807, 2.05) is 0 Å². The fourth-order valence-corrected chi connectivity index (χ4v) is 6.53. The van der Waals surface area contributed by atoms with Crippen LogP contribution in [0.4, 0.5) is 0 Å². The van der Waals surface area contributed by atoms with Gasteiger partial charge in [0.15, 0.2) is 34.7 Å². The van der Waals surface area contributed by atoms with E-state index in [0.717, 1.165) is 0 Å². The van der Waals surface area contributed by atoms with Crippen molar-refractivity contribution in [1.82, 2.24) is 4.90 Å². The summed E-state index contributed by atoms with van der Waals surface area (Å²) >= 11 is 6.01. The summed E-state index contributed by atoms with van der Waals surface area (Å²) in [5.41, 5.74) is 3.17. The number of hydrogen-bond acceptors (Lipinski definition) is 9. The van der Waals surface area contributed by atoms with Gasteiger partial charge in [0.05, 0.1) is 29.5 Å². The number of carbonyl (C=O) groups is 5. The van der Waals surface area contributed by atoms with E-state index >= 15 is 0 Å². The molecule has 0 spiro atoms. The van der Waals surface area contributed by atoms with Gasteiger partial charge in [-0.05, 0) is 49.0 Å². The normalized spacial score (nSPS) is 33.1. The number of rotatable bonds is 3. The van der Waals surface area contributed by atoms with Crippen LogP contribution in [0.3, 0.4) is 0 Å². The molecule has 2 saturated carbocycles. The van der Waals surface area contributed by atoms with Crippen molar-refractivity contribution in [3.8, 4) is 5.75 Å². The van der Waals surface area contributed by atoms with Gasteiger partial charge in [0.1, 0.15) is 5.75 Å². The van der Waals surface area contributed by atoms with Crippen molar-refractivity contribution in [2.24, 2.45) is 29.4 Å². The van der Waals surface area contributed by atoms with E-state index in [2.05, 4.69) is 0 Å². The van der Waals surface area contributed by atoms with Crippen molar-refractivity contribution >= 4 is 52.3 Å².